The molecule has 3 amide bonds. The van der Waals surface area contributed by atoms with E-state index in [1.807, 2.05) is 24.3 Å². The number of hydrogen-bond acceptors (Lipinski definition) is 3. The van der Waals surface area contributed by atoms with Crippen molar-refractivity contribution in [2.24, 2.45) is 0 Å². The highest BCUT2D eigenvalue weighted by Crippen LogP contribution is 2.23. The smallest absolute Gasteiger partial charge is 0.318 e. The van der Waals surface area contributed by atoms with Gasteiger partial charge in [0, 0.05) is 25.3 Å². The maximum Gasteiger partial charge on any atom is 0.318 e. The van der Waals surface area contributed by atoms with Crippen molar-refractivity contribution in [1.29, 1.82) is 0 Å². The lowest BCUT2D eigenvalue weighted by atomic mass is 9.97. The fourth-order valence-electron chi connectivity index (χ4n) is 3.73. The number of urea groups is 1. The number of anilines is 1. The molecule has 1 saturated heterocycles. The van der Waals surface area contributed by atoms with E-state index in [0.29, 0.717) is 19.6 Å². The molecule has 0 spiro atoms. The molecule has 1 aliphatic carbocycles. The van der Waals surface area contributed by atoms with Crippen LogP contribution in [0.2, 0.25) is 0 Å². The molecule has 1 fully saturated rings. The first-order valence-corrected chi connectivity index (χ1v) is 9.78. The van der Waals surface area contributed by atoms with Crippen LogP contribution in [0.3, 0.4) is 0 Å². The second kappa shape index (κ2) is 8.93. The number of nitrogens with one attached hydrogen (secondary N) is 1. The number of allylic oxidation sites excluding steroid dienone is 1. The van der Waals surface area contributed by atoms with Crippen LogP contribution in [0.1, 0.15) is 39.0 Å². The van der Waals surface area contributed by atoms with Crippen LogP contribution in [0, 0.1) is 0 Å². The van der Waals surface area contributed by atoms with Gasteiger partial charge in [0.05, 0.1) is 7.11 Å². The maximum atomic E-state index is 12.8. The van der Waals surface area contributed by atoms with Gasteiger partial charge in [-0.05, 0) is 63.3 Å². The van der Waals surface area contributed by atoms with Crippen LogP contribution in [-0.4, -0.2) is 49.6 Å². The number of piperazine rings is 1. The second-order valence-electron chi connectivity index (χ2n) is 7.15. The molecular weight excluding hydrogens is 342 g/mol. The van der Waals surface area contributed by atoms with Gasteiger partial charge in [0.2, 0.25) is 5.91 Å². The van der Waals surface area contributed by atoms with Crippen LogP contribution in [0.5, 0.6) is 5.75 Å². The minimum atomic E-state index is -0.477. The molecule has 1 heterocycles. The van der Waals surface area contributed by atoms with Crippen molar-refractivity contribution in [2.45, 2.75) is 45.1 Å². The minimum absolute atomic E-state index is 0.0587. The zero-order valence-corrected chi connectivity index (χ0v) is 16.2. The van der Waals surface area contributed by atoms with Gasteiger partial charge in [-0.25, -0.2) is 4.79 Å². The van der Waals surface area contributed by atoms with Crippen LogP contribution in [-0.2, 0) is 4.79 Å². The number of methoxy groups -OCH3 is 1. The van der Waals surface area contributed by atoms with Gasteiger partial charge in [0.25, 0.3) is 0 Å². The van der Waals surface area contributed by atoms with Gasteiger partial charge in [-0.1, -0.05) is 11.6 Å². The lowest BCUT2D eigenvalue weighted by molar-refractivity contribution is -0.124. The van der Waals surface area contributed by atoms with Crippen molar-refractivity contribution in [1.82, 2.24) is 10.2 Å². The molecule has 1 aromatic carbocycles. The summed E-state index contributed by atoms with van der Waals surface area (Å²) in [7, 11) is 1.62. The molecule has 6 heteroatoms. The Hall–Kier alpha value is -2.50. The Kier molecular flexibility index (Phi) is 6.37. The van der Waals surface area contributed by atoms with E-state index < -0.39 is 6.04 Å². The van der Waals surface area contributed by atoms with E-state index in [1.165, 1.54) is 18.4 Å². The number of carbonyl (C=O) groups is 2. The molecule has 1 aromatic rings. The zero-order valence-electron chi connectivity index (χ0n) is 16.2. The lowest BCUT2D eigenvalue weighted by Crippen LogP contribution is -2.59. The Morgan fingerprint density at radius 3 is 2.67 bits per heavy atom. The van der Waals surface area contributed by atoms with E-state index in [2.05, 4.69) is 11.4 Å². The Balaban J connectivity index is 1.53. The number of nitrogens with zero attached hydrogens (tertiary/aromatic N) is 2. The molecule has 6 nitrogen and oxygen atoms in total. The molecule has 0 saturated carbocycles. The summed E-state index contributed by atoms with van der Waals surface area (Å²) in [6, 6.07) is 6.80. The number of carbonyl (C=O) groups excluding carboxylic acids is 2. The van der Waals surface area contributed by atoms with Crippen molar-refractivity contribution in [3.63, 3.8) is 0 Å². The van der Waals surface area contributed by atoms with E-state index in [4.69, 9.17) is 4.74 Å². The Morgan fingerprint density at radius 1 is 1.22 bits per heavy atom. The summed E-state index contributed by atoms with van der Waals surface area (Å²) in [4.78, 5) is 28.7. The zero-order chi connectivity index (χ0) is 19.2. The quantitative estimate of drug-likeness (QED) is 0.808. The molecule has 0 radical (unpaired) electrons. The number of rotatable bonds is 5. The van der Waals surface area contributed by atoms with Crippen LogP contribution >= 0.6 is 0 Å². The van der Waals surface area contributed by atoms with Crippen LogP contribution < -0.4 is 15.0 Å². The highest BCUT2D eigenvalue weighted by molar-refractivity contribution is 6.00. The average molecular weight is 371 g/mol. The predicted octanol–water partition coefficient (Wildman–Crippen LogP) is 3.33. The molecule has 2 aliphatic rings. The van der Waals surface area contributed by atoms with Gasteiger partial charge in [-0.3, -0.25) is 4.79 Å². The van der Waals surface area contributed by atoms with Crippen LogP contribution in [0.15, 0.2) is 35.9 Å². The molecule has 0 unspecified atom stereocenters. The number of ether oxygens (including phenoxy) is 1. The first-order chi connectivity index (χ1) is 13.1. The van der Waals surface area contributed by atoms with Gasteiger partial charge in [0.1, 0.15) is 11.8 Å². The van der Waals surface area contributed by atoms with Crippen molar-refractivity contribution in [2.75, 3.05) is 31.6 Å². The molecule has 3 rings (SSSR count). The van der Waals surface area contributed by atoms with E-state index in [0.717, 1.165) is 30.7 Å². The van der Waals surface area contributed by atoms with Crippen molar-refractivity contribution in [3.8, 4) is 5.75 Å². The van der Waals surface area contributed by atoms with Crippen molar-refractivity contribution < 1.29 is 14.3 Å². The summed E-state index contributed by atoms with van der Waals surface area (Å²) in [5.41, 5.74) is 2.27. The monoisotopic (exact) mass is 371 g/mol. The molecule has 1 atom stereocenters. The van der Waals surface area contributed by atoms with Gasteiger partial charge in [-0.15, -0.1) is 0 Å². The maximum absolute atomic E-state index is 12.8. The molecule has 1 aliphatic heterocycles. The second-order valence-corrected chi connectivity index (χ2v) is 7.15. The highest BCUT2D eigenvalue weighted by atomic mass is 16.5. The number of amides is 3. The number of hydrogen-bond donors (Lipinski definition) is 1. The normalized spacial score (nSPS) is 20.3. The topological polar surface area (TPSA) is 61.9 Å². The SMILES string of the molecule is COc1ccc(N2CCN(C(=O)NCCC3=CCCCC3)[C@H](C)C2=O)cc1. The van der Waals surface area contributed by atoms with Gasteiger partial charge >= 0.3 is 6.03 Å². The van der Waals surface area contributed by atoms with Crippen LogP contribution in [0.4, 0.5) is 10.5 Å². The van der Waals surface area contributed by atoms with E-state index in [1.54, 1.807) is 23.8 Å². The van der Waals surface area contributed by atoms with Gasteiger partial charge in [-0.2, -0.15) is 0 Å². The van der Waals surface area contributed by atoms with Crippen molar-refractivity contribution >= 4 is 17.6 Å². The summed E-state index contributed by atoms with van der Waals surface area (Å²) in [5, 5.41) is 2.98. The van der Waals surface area contributed by atoms with Gasteiger partial charge in [0.15, 0.2) is 0 Å². The molecule has 146 valence electrons. The molecule has 1 N–H and O–H groups in total. The van der Waals surface area contributed by atoms with E-state index >= 15 is 0 Å². The summed E-state index contributed by atoms with van der Waals surface area (Å²) < 4.78 is 5.17. The standard InChI is InChI=1S/C21H29N3O3/c1-16-20(25)24(18-8-10-19(27-2)11-9-18)15-14-23(16)21(26)22-13-12-17-6-4-3-5-7-17/h6,8-11,16H,3-5,7,12-15H2,1-2H3,(H,22,26)/t16-/m1/s1. The summed E-state index contributed by atoms with van der Waals surface area (Å²) in [5.74, 6) is 0.696. The lowest BCUT2D eigenvalue weighted by Gasteiger charge is -2.39. The van der Waals surface area contributed by atoms with Crippen LogP contribution in [0.25, 0.3) is 0 Å². The highest BCUT2D eigenvalue weighted by Gasteiger charge is 2.34. The Morgan fingerprint density at radius 2 is 2.00 bits per heavy atom. The first-order valence-electron chi connectivity index (χ1n) is 9.78. The van der Waals surface area contributed by atoms with Crippen molar-refractivity contribution in [3.05, 3.63) is 35.9 Å². The fraction of sp³-hybridized carbons (Fsp3) is 0.524. The molecular formula is C21H29N3O3. The molecule has 0 bridgehead atoms. The van der Waals surface area contributed by atoms with Gasteiger partial charge < -0.3 is 19.9 Å². The van der Waals surface area contributed by atoms with E-state index in [9.17, 15) is 9.59 Å². The summed E-state index contributed by atoms with van der Waals surface area (Å²) in [6.07, 6.45) is 8.02. The largest absolute Gasteiger partial charge is 0.497 e. The fourth-order valence-corrected chi connectivity index (χ4v) is 3.73. The molecule has 0 aromatic heterocycles. The third-order valence-corrected chi connectivity index (χ3v) is 5.41. The summed E-state index contributed by atoms with van der Waals surface area (Å²) >= 11 is 0. The Bertz CT molecular complexity index is 699. The first kappa shape index (κ1) is 19.3. The third kappa shape index (κ3) is 4.62. The Labute approximate surface area is 161 Å². The molecule has 27 heavy (non-hydrogen) atoms. The summed E-state index contributed by atoms with van der Waals surface area (Å²) in [6.45, 7) is 3.44. The van der Waals surface area contributed by atoms with E-state index in [-0.39, 0.29) is 11.9 Å². The minimum Gasteiger partial charge on any atom is -0.497 e. The predicted molar refractivity (Wildman–Crippen MR) is 106 cm³/mol. The average Bonchev–Trinajstić information content (AvgIpc) is 2.71. The third-order valence-electron chi connectivity index (χ3n) is 5.41. The number of benzene rings is 1.